The van der Waals surface area contributed by atoms with E-state index >= 15 is 0 Å². The third-order valence-electron chi connectivity index (χ3n) is 9.87. The van der Waals surface area contributed by atoms with Gasteiger partial charge in [-0.2, -0.15) is 0 Å². The normalized spacial score (nSPS) is 12.3. The van der Waals surface area contributed by atoms with E-state index in [1.165, 1.54) is 103 Å². The van der Waals surface area contributed by atoms with E-state index in [-0.39, 0.29) is 31.1 Å². The standard InChI is InChI=1S/C48H86O6/c1-4-7-10-13-16-19-21-23-24-25-27-29-32-35-38-41-47(50)53-44-45(43-52-46(49)40-37-34-31-28-18-15-12-9-6-3)54-48(51)42-39-36-33-30-26-22-20-17-14-11-8-5-2/h16-17,19-20,23-24,45H,4-15,18,21-22,25-44H2,1-3H3/b19-16-,20-17-,24-23-/t45-/m1/s1. The van der Waals surface area contributed by atoms with Crippen molar-refractivity contribution in [1.29, 1.82) is 0 Å². The first-order chi connectivity index (χ1) is 26.5. The van der Waals surface area contributed by atoms with E-state index in [1.807, 2.05) is 0 Å². The molecule has 0 aliphatic heterocycles. The second-order valence-corrected chi connectivity index (χ2v) is 15.3. The zero-order chi connectivity index (χ0) is 39.4. The van der Waals surface area contributed by atoms with Crippen molar-refractivity contribution in [1.82, 2.24) is 0 Å². The Labute approximate surface area is 334 Å². The predicted octanol–water partition coefficient (Wildman–Crippen LogP) is 14.6. The number of esters is 3. The van der Waals surface area contributed by atoms with Crippen molar-refractivity contribution in [3.05, 3.63) is 36.5 Å². The lowest BCUT2D eigenvalue weighted by molar-refractivity contribution is -0.167. The van der Waals surface area contributed by atoms with Gasteiger partial charge >= 0.3 is 17.9 Å². The quantitative estimate of drug-likeness (QED) is 0.0267. The van der Waals surface area contributed by atoms with Crippen LogP contribution in [0, 0.1) is 0 Å². The maximum Gasteiger partial charge on any atom is 0.306 e. The zero-order valence-electron chi connectivity index (χ0n) is 35.7. The molecule has 0 heterocycles. The van der Waals surface area contributed by atoms with Crippen molar-refractivity contribution in [2.45, 2.75) is 239 Å². The molecular formula is C48H86O6. The number of ether oxygens (including phenoxy) is 3. The van der Waals surface area contributed by atoms with Crippen LogP contribution in [-0.2, 0) is 28.6 Å². The van der Waals surface area contributed by atoms with Crippen LogP contribution in [0.4, 0.5) is 0 Å². The van der Waals surface area contributed by atoms with Gasteiger partial charge in [0.05, 0.1) is 0 Å². The summed E-state index contributed by atoms with van der Waals surface area (Å²) in [5.41, 5.74) is 0. The minimum Gasteiger partial charge on any atom is -0.462 e. The van der Waals surface area contributed by atoms with Crippen LogP contribution in [0.15, 0.2) is 36.5 Å². The van der Waals surface area contributed by atoms with Gasteiger partial charge in [0.25, 0.3) is 0 Å². The fraction of sp³-hybridized carbons (Fsp3) is 0.812. The number of allylic oxidation sites excluding steroid dienone is 6. The van der Waals surface area contributed by atoms with Crippen molar-refractivity contribution in [3.63, 3.8) is 0 Å². The maximum atomic E-state index is 12.7. The van der Waals surface area contributed by atoms with Crippen LogP contribution in [0.1, 0.15) is 233 Å². The van der Waals surface area contributed by atoms with Crippen LogP contribution < -0.4 is 0 Å². The minimum atomic E-state index is -0.776. The monoisotopic (exact) mass is 759 g/mol. The number of hydrogen-bond acceptors (Lipinski definition) is 6. The summed E-state index contributed by atoms with van der Waals surface area (Å²) in [5.74, 6) is -0.903. The lowest BCUT2D eigenvalue weighted by atomic mass is 10.1. The predicted molar refractivity (Wildman–Crippen MR) is 229 cm³/mol. The Morgan fingerprint density at radius 3 is 1.07 bits per heavy atom. The molecule has 0 aliphatic carbocycles. The van der Waals surface area contributed by atoms with Gasteiger partial charge in [0.1, 0.15) is 13.2 Å². The van der Waals surface area contributed by atoms with Gasteiger partial charge in [-0.25, -0.2) is 0 Å². The maximum absolute atomic E-state index is 12.7. The van der Waals surface area contributed by atoms with Crippen molar-refractivity contribution in [3.8, 4) is 0 Å². The summed E-state index contributed by atoms with van der Waals surface area (Å²) in [4.78, 5) is 37.7. The molecule has 0 saturated heterocycles. The Morgan fingerprint density at radius 1 is 0.370 bits per heavy atom. The molecule has 0 aliphatic rings. The SMILES string of the molecule is CCCCC/C=C\C/C=C\CCCCCCCC(=O)OC[C@@H](COC(=O)CCCCCCCCCCC)OC(=O)CCCCCCC/C=C\CCCCC. The summed E-state index contributed by atoms with van der Waals surface area (Å²) in [7, 11) is 0. The summed E-state index contributed by atoms with van der Waals surface area (Å²) >= 11 is 0. The number of carbonyl (C=O) groups excluding carboxylic acids is 3. The number of hydrogen-bond donors (Lipinski definition) is 0. The Balaban J connectivity index is 4.37. The smallest absolute Gasteiger partial charge is 0.306 e. The van der Waals surface area contributed by atoms with Gasteiger partial charge in [0, 0.05) is 19.3 Å². The molecule has 6 heteroatoms. The third-order valence-corrected chi connectivity index (χ3v) is 9.87. The first-order valence-electron chi connectivity index (χ1n) is 23.0. The van der Waals surface area contributed by atoms with E-state index in [2.05, 4.69) is 57.2 Å². The Hall–Kier alpha value is -2.37. The van der Waals surface area contributed by atoms with Crippen molar-refractivity contribution in [2.24, 2.45) is 0 Å². The average Bonchev–Trinajstić information content (AvgIpc) is 3.17. The van der Waals surface area contributed by atoms with E-state index in [0.717, 1.165) is 89.9 Å². The highest BCUT2D eigenvalue weighted by atomic mass is 16.6. The third kappa shape index (κ3) is 40.8. The second-order valence-electron chi connectivity index (χ2n) is 15.3. The van der Waals surface area contributed by atoms with Gasteiger partial charge in [-0.3, -0.25) is 14.4 Å². The number of carbonyl (C=O) groups is 3. The topological polar surface area (TPSA) is 78.9 Å². The van der Waals surface area contributed by atoms with Gasteiger partial charge in [-0.1, -0.05) is 173 Å². The molecule has 0 fully saturated rings. The van der Waals surface area contributed by atoms with Crippen LogP contribution in [0.2, 0.25) is 0 Å². The molecule has 0 rings (SSSR count). The highest BCUT2D eigenvalue weighted by Gasteiger charge is 2.19. The summed E-state index contributed by atoms with van der Waals surface area (Å²) in [6.07, 6.45) is 48.4. The minimum absolute atomic E-state index is 0.0784. The fourth-order valence-electron chi connectivity index (χ4n) is 6.35. The van der Waals surface area contributed by atoms with Crippen molar-refractivity contribution >= 4 is 17.9 Å². The molecular weight excluding hydrogens is 673 g/mol. The van der Waals surface area contributed by atoms with Gasteiger partial charge in [-0.15, -0.1) is 0 Å². The van der Waals surface area contributed by atoms with Gasteiger partial charge in [0.2, 0.25) is 0 Å². The fourth-order valence-corrected chi connectivity index (χ4v) is 6.35. The lowest BCUT2D eigenvalue weighted by Gasteiger charge is -2.18. The summed E-state index contributed by atoms with van der Waals surface area (Å²) in [6.45, 7) is 6.54. The highest BCUT2D eigenvalue weighted by Crippen LogP contribution is 2.14. The van der Waals surface area contributed by atoms with Crippen LogP contribution in [0.3, 0.4) is 0 Å². The molecule has 0 aromatic heterocycles. The molecule has 0 saturated carbocycles. The Bertz CT molecular complexity index is 922. The molecule has 0 radical (unpaired) electrons. The molecule has 314 valence electrons. The highest BCUT2D eigenvalue weighted by molar-refractivity contribution is 5.71. The summed E-state index contributed by atoms with van der Waals surface area (Å²) in [6, 6.07) is 0. The van der Waals surface area contributed by atoms with Crippen LogP contribution >= 0.6 is 0 Å². The van der Waals surface area contributed by atoms with E-state index in [0.29, 0.717) is 19.3 Å². The van der Waals surface area contributed by atoms with Gasteiger partial charge in [-0.05, 0) is 77.0 Å². The average molecular weight is 759 g/mol. The Kier molecular flexibility index (Phi) is 41.5. The molecule has 1 atom stereocenters. The van der Waals surface area contributed by atoms with Crippen LogP contribution in [0.5, 0.6) is 0 Å². The summed E-state index contributed by atoms with van der Waals surface area (Å²) in [5, 5.41) is 0. The number of unbranched alkanes of at least 4 members (excludes halogenated alkanes) is 24. The first kappa shape index (κ1) is 51.6. The van der Waals surface area contributed by atoms with E-state index in [9.17, 15) is 14.4 Å². The Morgan fingerprint density at radius 2 is 0.667 bits per heavy atom. The van der Waals surface area contributed by atoms with E-state index in [4.69, 9.17) is 14.2 Å². The summed E-state index contributed by atoms with van der Waals surface area (Å²) < 4.78 is 16.7. The number of rotatable bonds is 41. The molecule has 0 N–H and O–H groups in total. The molecule has 0 aromatic rings. The van der Waals surface area contributed by atoms with Crippen LogP contribution in [0.25, 0.3) is 0 Å². The van der Waals surface area contributed by atoms with E-state index in [1.54, 1.807) is 0 Å². The first-order valence-corrected chi connectivity index (χ1v) is 23.0. The van der Waals surface area contributed by atoms with Crippen LogP contribution in [-0.4, -0.2) is 37.2 Å². The van der Waals surface area contributed by atoms with Crippen molar-refractivity contribution < 1.29 is 28.6 Å². The molecule has 0 unspecified atom stereocenters. The van der Waals surface area contributed by atoms with Crippen molar-refractivity contribution in [2.75, 3.05) is 13.2 Å². The second kappa shape index (κ2) is 43.4. The molecule has 0 bridgehead atoms. The largest absolute Gasteiger partial charge is 0.462 e. The zero-order valence-corrected chi connectivity index (χ0v) is 35.7. The van der Waals surface area contributed by atoms with Gasteiger partial charge < -0.3 is 14.2 Å². The molecule has 0 amide bonds. The van der Waals surface area contributed by atoms with Gasteiger partial charge in [0.15, 0.2) is 6.10 Å². The molecule has 0 aromatic carbocycles. The van der Waals surface area contributed by atoms with E-state index < -0.39 is 6.10 Å². The molecule has 6 nitrogen and oxygen atoms in total. The molecule has 0 spiro atoms. The molecule has 54 heavy (non-hydrogen) atoms. The lowest BCUT2D eigenvalue weighted by Crippen LogP contribution is -2.30.